The minimum absolute atomic E-state index is 0.0298. The third kappa shape index (κ3) is 8.76. The first kappa shape index (κ1) is 48.4. The summed E-state index contributed by atoms with van der Waals surface area (Å²) < 4.78 is 36.4. The number of ketones is 2. The maximum absolute atomic E-state index is 13.8. The average Bonchev–Trinajstić information content (AvgIpc) is 3.52. The SMILES string of the molecule is CC1O[C@@H](OC2C(O)[C@H](O[C@@H]3OC(C)[C@H](O)C(O)C3O)C(CO)O[C@H]2OC2CC[C@@]3(C)C(=CC[C@@H]4[C@@H]3CC[C@]3(C)C([C@H](C)C(=O)CC[C@@H](C)CO)C(=O)C[C@@H]43)C2)C(O)C(O)[C@H]1O. The van der Waals surface area contributed by atoms with Crippen LogP contribution in [0.4, 0.5) is 0 Å². The number of fused-ring (bicyclic) bond motifs is 5. The first-order valence-corrected chi connectivity index (χ1v) is 22.9. The number of carbonyl (C=O) groups excluding carboxylic acids is 2. The highest BCUT2D eigenvalue weighted by atomic mass is 16.8. The average molecular weight is 885 g/mol. The Balaban J connectivity index is 1.08. The Labute approximate surface area is 363 Å². The van der Waals surface area contributed by atoms with Crippen LogP contribution in [-0.2, 0) is 38.0 Å². The van der Waals surface area contributed by atoms with Gasteiger partial charge in [0.05, 0.1) is 24.9 Å². The lowest BCUT2D eigenvalue weighted by atomic mass is 9.47. The second-order valence-electron chi connectivity index (χ2n) is 20.3. The molecule has 0 aromatic heterocycles. The van der Waals surface area contributed by atoms with Crippen LogP contribution in [0.15, 0.2) is 11.6 Å². The van der Waals surface area contributed by atoms with Gasteiger partial charge in [-0.05, 0) is 93.3 Å². The summed E-state index contributed by atoms with van der Waals surface area (Å²) in [7, 11) is 0. The van der Waals surface area contributed by atoms with E-state index in [1.165, 1.54) is 19.4 Å². The van der Waals surface area contributed by atoms with Gasteiger partial charge in [0, 0.05) is 31.3 Å². The molecule has 0 aromatic carbocycles. The van der Waals surface area contributed by atoms with Gasteiger partial charge in [-0.25, -0.2) is 0 Å². The van der Waals surface area contributed by atoms with E-state index in [0.717, 1.165) is 25.7 Å². The van der Waals surface area contributed by atoms with Crippen molar-refractivity contribution in [1.29, 1.82) is 0 Å². The Kier molecular flexibility index (Phi) is 14.8. The summed E-state index contributed by atoms with van der Waals surface area (Å²) in [6, 6.07) is 0. The minimum Gasteiger partial charge on any atom is -0.396 e. The second kappa shape index (κ2) is 19.0. The molecule has 24 atom stereocenters. The molecule has 354 valence electrons. The van der Waals surface area contributed by atoms with Crippen molar-refractivity contribution in [2.75, 3.05) is 13.2 Å². The lowest BCUT2D eigenvalue weighted by molar-refractivity contribution is -0.388. The van der Waals surface area contributed by atoms with Gasteiger partial charge in [-0.2, -0.15) is 0 Å². The van der Waals surface area contributed by atoms with Gasteiger partial charge in [0.15, 0.2) is 18.9 Å². The van der Waals surface area contributed by atoms with E-state index in [2.05, 4.69) is 19.9 Å². The molecular weight excluding hydrogens is 812 g/mol. The molecule has 17 nitrogen and oxygen atoms in total. The van der Waals surface area contributed by atoms with E-state index in [9.17, 15) is 55.5 Å². The van der Waals surface area contributed by atoms with Gasteiger partial charge in [0.2, 0.25) is 0 Å². The predicted molar refractivity (Wildman–Crippen MR) is 216 cm³/mol. The smallest absolute Gasteiger partial charge is 0.187 e. The molecule has 4 aliphatic carbocycles. The summed E-state index contributed by atoms with van der Waals surface area (Å²) in [5.74, 6) is 0.380. The number of hydrogen-bond donors (Lipinski definition) is 9. The predicted octanol–water partition coefficient (Wildman–Crippen LogP) is 0.247. The van der Waals surface area contributed by atoms with Gasteiger partial charge in [0.25, 0.3) is 0 Å². The molecule has 0 aromatic rings. The highest BCUT2D eigenvalue weighted by molar-refractivity contribution is 5.92. The Morgan fingerprint density at radius 3 is 1.97 bits per heavy atom. The highest BCUT2D eigenvalue weighted by Crippen LogP contribution is 2.66. The van der Waals surface area contributed by atoms with E-state index >= 15 is 0 Å². The topological polar surface area (TPSA) is 272 Å². The number of ether oxygens (including phenoxy) is 6. The van der Waals surface area contributed by atoms with E-state index < -0.39 is 105 Å². The molecule has 7 aliphatic rings. The number of rotatable bonds is 13. The maximum Gasteiger partial charge on any atom is 0.187 e. The van der Waals surface area contributed by atoms with E-state index in [0.29, 0.717) is 38.0 Å². The number of allylic oxidation sites excluding steroid dienone is 1. The maximum atomic E-state index is 13.8. The van der Waals surface area contributed by atoms with Crippen molar-refractivity contribution in [2.45, 2.75) is 198 Å². The monoisotopic (exact) mass is 884 g/mol. The largest absolute Gasteiger partial charge is 0.396 e. The van der Waals surface area contributed by atoms with Crippen LogP contribution in [0.5, 0.6) is 0 Å². The fraction of sp³-hybridized carbons (Fsp3) is 0.911. The van der Waals surface area contributed by atoms with Gasteiger partial charge < -0.3 is 74.4 Å². The molecule has 7 rings (SSSR count). The fourth-order valence-corrected chi connectivity index (χ4v) is 12.5. The van der Waals surface area contributed by atoms with Gasteiger partial charge >= 0.3 is 0 Å². The summed E-state index contributed by atoms with van der Waals surface area (Å²) in [6.07, 6.45) is -14.3. The zero-order valence-corrected chi connectivity index (χ0v) is 36.8. The van der Waals surface area contributed by atoms with Gasteiger partial charge in [-0.3, -0.25) is 9.59 Å². The Bertz CT molecular complexity index is 1610. The summed E-state index contributed by atoms with van der Waals surface area (Å²) in [4.78, 5) is 27.2. The molecule has 3 saturated heterocycles. The van der Waals surface area contributed by atoms with Crippen LogP contribution in [0.3, 0.4) is 0 Å². The molecule has 0 amide bonds. The molecule has 3 heterocycles. The third-order valence-electron chi connectivity index (χ3n) is 16.5. The first-order valence-electron chi connectivity index (χ1n) is 22.9. The van der Waals surface area contributed by atoms with Crippen molar-refractivity contribution in [3.63, 3.8) is 0 Å². The summed E-state index contributed by atoms with van der Waals surface area (Å²) in [5, 5.41) is 95.2. The molecule has 11 unspecified atom stereocenters. The van der Waals surface area contributed by atoms with E-state index in [1.807, 2.05) is 13.8 Å². The number of carbonyl (C=O) groups is 2. The molecule has 62 heavy (non-hydrogen) atoms. The Hall–Kier alpha value is -1.52. The van der Waals surface area contributed by atoms with Crippen LogP contribution < -0.4 is 0 Å². The number of aliphatic hydroxyl groups is 9. The summed E-state index contributed by atoms with van der Waals surface area (Å²) in [6.45, 7) is 10.7. The van der Waals surface area contributed by atoms with Crippen LogP contribution in [0.1, 0.15) is 99.3 Å². The van der Waals surface area contributed by atoms with Gasteiger partial charge in [-0.1, -0.05) is 39.3 Å². The Morgan fingerprint density at radius 2 is 1.37 bits per heavy atom. The normalized spacial score (nSPS) is 50.5. The quantitative estimate of drug-likeness (QED) is 0.112. The van der Waals surface area contributed by atoms with E-state index in [1.54, 1.807) is 0 Å². The molecule has 3 saturated carbocycles. The van der Waals surface area contributed by atoms with Gasteiger partial charge in [-0.15, -0.1) is 0 Å². The van der Waals surface area contributed by atoms with Crippen molar-refractivity contribution in [3.05, 3.63) is 11.6 Å². The lowest BCUT2D eigenvalue weighted by Gasteiger charge is -2.58. The van der Waals surface area contributed by atoms with Crippen molar-refractivity contribution in [1.82, 2.24) is 0 Å². The third-order valence-corrected chi connectivity index (χ3v) is 16.5. The van der Waals surface area contributed by atoms with Crippen LogP contribution in [0.25, 0.3) is 0 Å². The highest BCUT2D eigenvalue weighted by Gasteiger charge is 2.63. The number of Topliss-reactive ketones (excluding diaryl/α,β-unsaturated/α-hetero) is 2. The van der Waals surface area contributed by atoms with Crippen LogP contribution >= 0.6 is 0 Å². The molecule has 3 aliphatic heterocycles. The van der Waals surface area contributed by atoms with Crippen LogP contribution in [-0.4, -0.2) is 169 Å². The van der Waals surface area contributed by atoms with Crippen molar-refractivity contribution < 1.29 is 84.0 Å². The zero-order chi connectivity index (χ0) is 45.2. The van der Waals surface area contributed by atoms with E-state index in [4.69, 9.17) is 28.4 Å². The van der Waals surface area contributed by atoms with Crippen molar-refractivity contribution in [2.24, 2.45) is 46.3 Å². The lowest BCUT2D eigenvalue weighted by Crippen LogP contribution is -2.66. The first-order chi connectivity index (χ1) is 29.2. The summed E-state index contributed by atoms with van der Waals surface area (Å²) >= 11 is 0. The number of aliphatic hydroxyl groups excluding tert-OH is 9. The minimum atomic E-state index is -1.74. The van der Waals surface area contributed by atoms with Gasteiger partial charge in [0.1, 0.15) is 72.6 Å². The zero-order valence-electron chi connectivity index (χ0n) is 36.8. The standard InChI is InChI=1S/C45H72O17/c1-19(17-46)7-10-28(48)20(2)31-29(49)16-27-25-9-8-23-15-24(11-13-44(23,5)26(25)12-14-45(27,31)6)59-43-40(62-42-37(55)35(53)33(51)22(4)58-42)38(56)39(30(18-47)60-43)61-41-36(54)34(52)32(50)21(3)57-41/h8,19-22,24-27,30-43,46-47,50-56H,7,9-18H2,1-6H3/t19-,20-,21?,22?,24?,25-,26+,27+,30?,31?,32+,33+,34?,35?,36?,37?,38?,39-,40?,41+,42+,43-,44+,45+/m1/s1. The molecule has 0 spiro atoms. The molecule has 0 radical (unpaired) electrons. The molecular formula is C45H72O17. The molecule has 6 fully saturated rings. The van der Waals surface area contributed by atoms with Crippen molar-refractivity contribution in [3.8, 4) is 0 Å². The summed E-state index contributed by atoms with van der Waals surface area (Å²) in [5.41, 5.74) is 0.773. The molecule has 17 heteroatoms. The Morgan fingerprint density at radius 1 is 0.758 bits per heavy atom. The molecule has 0 bridgehead atoms. The number of hydrogen-bond acceptors (Lipinski definition) is 17. The van der Waals surface area contributed by atoms with Crippen molar-refractivity contribution >= 4 is 11.6 Å². The van der Waals surface area contributed by atoms with Crippen LogP contribution in [0, 0.1) is 46.3 Å². The molecule has 9 N–H and O–H groups in total. The fourth-order valence-electron chi connectivity index (χ4n) is 12.5. The van der Waals surface area contributed by atoms with E-state index in [-0.39, 0.29) is 58.6 Å². The van der Waals surface area contributed by atoms with Crippen LogP contribution in [0.2, 0.25) is 0 Å². The second-order valence-corrected chi connectivity index (χ2v) is 20.3.